The van der Waals surface area contributed by atoms with E-state index in [0.717, 1.165) is 24.1 Å². The van der Waals surface area contributed by atoms with Crippen LogP contribution in [0.1, 0.15) is 64.4 Å². The number of nitrogens with zero attached hydrogens (tertiary/aromatic N) is 3. The summed E-state index contributed by atoms with van der Waals surface area (Å²) in [5.41, 5.74) is 7.70. The minimum Gasteiger partial charge on any atom is -0.493 e. The van der Waals surface area contributed by atoms with Crippen molar-refractivity contribution < 1.29 is 19.1 Å². The SMILES string of the molecule is CC(C)COC(=O)CN1Cc2c(cccc2OCCCC(=O)N(C)C2CCCCC2)N=C1N. The average molecular weight is 459 g/mol. The molecule has 0 spiro atoms. The van der Waals surface area contributed by atoms with Gasteiger partial charge >= 0.3 is 5.97 Å². The monoisotopic (exact) mass is 458 g/mol. The van der Waals surface area contributed by atoms with E-state index in [1.807, 2.05) is 44.0 Å². The maximum absolute atomic E-state index is 12.6. The van der Waals surface area contributed by atoms with Crippen LogP contribution in [0.2, 0.25) is 0 Å². The lowest BCUT2D eigenvalue weighted by atomic mass is 9.94. The van der Waals surface area contributed by atoms with Gasteiger partial charge in [0.2, 0.25) is 5.91 Å². The number of esters is 1. The van der Waals surface area contributed by atoms with Crippen LogP contribution in [0.4, 0.5) is 5.69 Å². The molecule has 1 aliphatic carbocycles. The molecule has 1 fully saturated rings. The van der Waals surface area contributed by atoms with Gasteiger partial charge in [-0.05, 0) is 37.3 Å². The standard InChI is InChI=1S/C25H38N4O4/c1-18(2)17-33-24(31)16-29-15-20-21(27-25(29)26)11-7-12-22(20)32-14-8-13-23(30)28(3)19-9-5-4-6-10-19/h7,11-12,18-19H,4-6,8-10,13-17H2,1-3H3,(H2,26,27). The number of carbonyl (C=O) groups excluding carboxylic acids is 2. The van der Waals surface area contributed by atoms with E-state index in [9.17, 15) is 9.59 Å². The molecular weight excluding hydrogens is 420 g/mol. The summed E-state index contributed by atoms with van der Waals surface area (Å²) in [6.45, 7) is 5.26. The molecule has 1 amide bonds. The first kappa shape index (κ1) is 24.9. The number of aliphatic imine (C=N–C) groups is 1. The number of rotatable bonds is 10. The number of nitrogens with two attached hydrogens (primary N) is 1. The fourth-order valence-corrected chi connectivity index (χ4v) is 4.27. The van der Waals surface area contributed by atoms with Crippen LogP contribution in [0.5, 0.6) is 5.75 Å². The molecule has 8 nitrogen and oxygen atoms in total. The van der Waals surface area contributed by atoms with Crippen LogP contribution in [0.3, 0.4) is 0 Å². The van der Waals surface area contributed by atoms with Crippen molar-refractivity contribution in [1.82, 2.24) is 9.80 Å². The van der Waals surface area contributed by atoms with Crippen LogP contribution >= 0.6 is 0 Å². The topological polar surface area (TPSA) is 97.5 Å². The molecule has 2 N–H and O–H groups in total. The van der Waals surface area contributed by atoms with E-state index in [4.69, 9.17) is 15.2 Å². The number of hydrogen-bond donors (Lipinski definition) is 1. The van der Waals surface area contributed by atoms with Crippen LogP contribution in [0.15, 0.2) is 23.2 Å². The molecule has 33 heavy (non-hydrogen) atoms. The van der Waals surface area contributed by atoms with Crippen LogP contribution in [0, 0.1) is 5.92 Å². The maximum Gasteiger partial charge on any atom is 0.325 e. The van der Waals surface area contributed by atoms with E-state index >= 15 is 0 Å². The zero-order chi connectivity index (χ0) is 23.8. The number of guanidine groups is 1. The van der Waals surface area contributed by atoms with Crippen LogP contribution in [-0.4, -0.2) is 60.5 Å². The van der Waals surface area contributed by atoms with Gasteiger partial charge in [0, 0.05) is 25.1 Å². The van der Waals surface area contributed by atoms with Crippen molar-refractivity contribution in [2.45, 2.75) is 71.4 Å². The van der Waals surface area contributed by atoms with Crippen molar-refractivity contribution in [3.63, 3.8) is 0 Å². The summed E-state index contributed by atoms with van der Waals surface area (Å²) in [4.78, 5) is 32.8. The van der Waals surface area contributed by atoms with Crippen molar-refractivity contribution in [2.24, 2.45) is 16.6 Å². The number of carbonyl (C=O) groups is 2. The van der Waals surface area contributed by atoms with Crippen LogP contribution in [-0.2, 0) is 20.9 Å². The van der Waals surface area contributed by atoms with Crippen molar-refractivity contribution >= 4 is 23.5 Å². The number of benzene rings is 1. The van der Waals surface area contributed by atoms with E-state index in [1.54, 1.807) is 4.90 Å². The Balaban J connectivity index is 1.51. The normalized spacial score (nSPS) is 16.2. The Morgan fingerprint density at radius 3 is 2.73 bits per heavy atom. The first-order valence-electron chi connectivity index (χ1n) is 12.1. The highest BCUT2D eigenvalue weighted by Crippen LogP contribution is 2.33. The minimum absolute atomic E-state index is 0.0395. The molecule has 1 aromatic rings. The molecule has 0 radical (unpaired) electrons. The number of ether oxygens (including phenoxy) is 2. The third-order valence-electron chi connectivity index (χ3n) is 6.22. The van der Waals surface area contributed by atoms with E-state index in [0.29, 0.717) is 44.4 Å². The van der Waals surface area contributed by atoms with E-state index < -0.39 is 0 Å². The van der Waals surface area contributed by atoms with Gasteiger partial charge in [0.15, 0.2) is 5.96 Å². The Morgan fingerprint density at radius 2 is 2.00 bits per heavy atom. The zero-order valence-electron chi connectivity index (χ0n) is 20.2. The first-order valence-corrected chi connectivity index (χ1v) is 12.1. The molecule has 0 aromatic heterocycles. The summed E-state index contributed by atoms with van der Waals surface area (Å²) >= 11 is 0. The summed E-state index contributed by atoms with van der Waals surface area (Å²) in [6.07, 6.45) is 7.05. The molecule has 1 heterocycles. The Morgan fingerprint density at radius 1 is 1.24 bits per heavy atom. The Hall–Kier alpha value is -2.77. The largest absolute Gasteiger partial charge is 0.493 e. The zero-order valence-corrected chi connectivity index (χ0v) is 20.2. The molecule has 0 bridgehead atoms. The molecule has 2 aliphatic rings. The van der Waals surface area contributed by atoms with E-state index in [2.05, 4.69) is 4.99 Å². The molecule has 8 heteroatoms. The average Bonchev–Trinajstić information content (AvgIpc) is 2.81. The summed E-state index contributed by atoms with van der Waals surface area (Å²) in [6, 6.07) is 6.03. The highest BCUT2D eigenvalue weighted by Gasteiger charge is 2.24. The quantitative estimate of drug-likeness (QED) is 0.425. The lowest BCUT2D eigenvalue weighted by Crippen LogP contribution is -2.42. The van der Waals surface area contributed by atoms with Crippen molar-refractivity contribution in [3.05, 3.63) is 23.8 Å². The van der Waals surface area contributed by atoms with Gasteiger partial charge in [0.05, 0.1) is 25.4 Å². The van der Waals surface area contributed by atoms with Gasteiger partial charge in [0.1, 0.15) is 12.3 Å². The second kappa shape index (κ2) is 11.9. The third kappa shape index (κ3) is 7.11. The van der Waals surface area contributed by atoms with Crippen molar-refractivity contribution in [3.8, 4) is 5.75 Å². The van der Waals surface area contributed by atoms with Gasteiger partial charge in [0.25, 0.3) is 0 Å². The summed E-state index contributed by atoms with van der Waals surface area (Å²) in [5.74, 6) is 1.12. The van der Waals surface area contributed by atoms with Gasteiger partial charge in [-0.15, -0.1) is 0 Å². The van der Waals surface area contributed by atoms with Crippen molar-refractivity contribution in [1.29, 1.82) is 0 Å². The predicted molar refractivity (Wildman–Crippen MR) is 128 cm³/mol. The molecule has 0 saturated heterocycles. The van der Waals surface area contributed by atoms with Crippen LogP contribution < -0.4 is 10.5 Å². The van der Waals surface area contributed by atoms with Crippen LogP contribution in [0.25, 0.3) is 0 Å². The Bertz CT molecular complexity index is 849. The fraction of sp³-hybridized carbons (Fsp3) is 0.640. The number of amides is 1. The Kier molecular flexibility index (Phi) is 8.97. The Labute approximate surface area is 197 Å². The molecule has 0 atom stereocenters. The van der Waals surface area contributed by atoms with Crippen molar-refractivity contribution in [2.75, 3.05) is 26.8 Å². The van der Waals surface area contributed by atoms with Gasteiger partial charge < -0.3 is 25.0 Å². The molecule has 1 aliphatic heterocycles. The van der Waals surface area contributed by atoms with E-state index in [1.165, 1.54) is 19.3 Å². The fourth-order valence-electron chi connectivity index (χ4n) is 4.27. The van der Waals surface area contributed by atoms with Gasteiger partial charge in [-0.3, -0.25) is 9.59 Å². The van der Waals surface area contributed by atoms with Gasteiger partial charge in [-0.25, -0.2) is 4.99 Å². The first-order chi connectivity index (χ1) is 15.8. The molecular formula is C25H38N4O4. The molecule has 182 valence electrons. The summed E-state index contributed by atoms with van der Waals surface area (Å²) in [5, 5.41) is 0. The highest BCUT2D eigenvalue weighted by molar-refractivity contribution is 5.87. The third-order valence-corrected chi connectivity index (χ3v) is 6.22. The molecule has 0 unspecified atom stereocenters. The maximum atomic E-state index is 12.6. The molecule has 3 rings (SSSR count). The second-order valence-electron chi connectivity index (χ2n) is 9.41. The smallest absolute Gasteiger partial charge is 0.325 e. The number of fused-ring (bicyclic) bond motifs is 1. The summed E-state index contributed by atoms with van der Waals surface area (Å²) in [7, 11) is 1.93. The highest BCUT2D eigenvalue weighted by atomic mass is 16.5. The van der Waals surface area contributed by atoms with Gasteiger partial charge in [-0.2, -0.15) is 0 Å². The lowest BCUT2D eigenvalue weighted by molar-refractivity contribution is -0.145. The van der Waals surface area contributed by atoms with Gasteiger partial charge in [-0.1, -0.05) is 39.2 Å². The minimum atomic E-state index is -0.329. The lowest BCUT2D eigenvalue weighted by Gasteiger charge is -2.31. The molecule has 1 saturated carbocycles. The second-order valence-corrected chi connectivity index (χ2v) is 9.41. The summed E-state index contributed by atoms with van der Waals surface area (Å²) < 4.78 is 11.3. The predicted octanol–water partition coefficient (Wildman–Crippen LogP) is 3.60. The molecule has 1 aromatic carbocycles. The number of hydrogen-bond acceptors (Lipinski definition) is 7. The van der Waals surface area contributed by atoms with E-state index in [-0.39, 0.29) is 30.3 Å².